The van der Waals surface area contributed by atoms with Crippen LogP contribution in [0.5, 0.6) is 0 Å². The average molecular weight is 284 g/mol. The maximum atomic E-state index is 11.6. The number of fused-ring (bicyclic) bond motifs is 1. The van der Waals surface area contributed by atoms with Gasteiger partial charge in [-0.3, -0.25) is 0 Å². The van der Waals surface area contributed by atoms with Crippen LogP contribution in [0.3, 0.4) is 0 Å². The van der Waals surface area contributed by atoms with Crippen LogP contribution in [0.2, 0.25) is 0 Å². The van der Waals surface area contributed by atoms with Gasteiger partial charge in [-0.1, -0.05) is 15.9 Å². The van der Waals surface area contributed by atoms with E-state index in [0.717, 1.165) is 15.4 Å². The first-order chi connectivity index (χ1) is 7.67. The van der Waals surface area contributed by atoms with E-state index in [2.05, 4.69) is 15.9 Å². The van der Waals surface area contributed by atoms with Crippen molar-refractivity contribution in [3.8, 4) is 0 Å². The van der Waals surface area contributed by atoms with Gasteiger partial charge in [0.15, 0.2) is 0 Å². The number of ether oxygens (including phenoxy) is 1. The number of hydrogen-bond acceptors (Lipinski definition) is 3. The Hall–Kier alpha value is -1.49. The predicted molar refractivity (Wildman–Crippen MR) is 63.5 cm³/mol. The second kappa shape index (κ2) is 4.17. The average Bonchev–Trinajstić information content (AvgIpc) is 2.66. The summed E-state index contributed by atoms with van der Waals surface area (Å²) in [7, 11) is 2.90. The molecule has 0 amide bonds. The molecule has 84 valence electrons. The molecule has 0 saturated heterocycles. The van der Waals surface area contributed by atoms with Gasteiger partial charge in [-0.05, 0) is 18.2 Å². The van der Waals surface area contributed by atoms with E-state index < -0.39 is 0 Å². The van der Waals surface area contributed by atoms with E-state index in [0.29, 0.717) is 5.56 Å². The summed E-state index contributed by atoms with van der Waals surface area (Å²) in [4.78, 5) is 16.7. The number of esters is 1. The van der Waals surface area contributed by atoms with Crippen LogP contribution < -0.4 is 4.84 Å². The largest absolute Gasteiger partial charge is 0.465 e. The normalized spacial score (nSPS) is 10.4. The summed E-state index contributed by atoms with van der Waals surface area (Å²) < 4.78 is 7.16. The molecule has 0 spiro atoms. The molecule has 0 N–H and O–H groups in total. The van der Waals surface area contributed by atoms with Crippen molar-refractivity contribution in [1.82, 2.24) is 4.73 Å². The minimum Gasteiger partial charge on any atom is -0.465 e. The van der Waals surface area contributed by atoms with Gasteiger partial charge in [0.25, 0.3) is 0 Å². The number of nitrogens with zero attached hydrogens (tertiary/aromatic N) is 1. The summed E-state index contributed by atoms with van der Waals surface area (Å²) in [5.41, 5.74) is 1.31. The molecule has 0 radical (unpaired) electrons. The predicted octanol–water partition coefficient (Wildman–Crippen LogP) is 2.25. The highest BCUT2D eigenvalue weighted by molar-refractivity contribution is 9.10. The van der Waals surface area contributed by atoms with Gasteiger partial charge in [0.05, 0.1) is 24.4 Å². The molecular formula is C11H10BrNO3. The minimum atomic E-state index is -0.376. The number of halogens is 1. The Bertz CT molecular complexity index is 547. The fourth-order valence-corrected chi connectivity index (χ4v) is 1.96. The first kappa shape index (κ1) is 11.0. The number of carbonyl (C=O) groups excluding carboxylic acids is 1. The molecule has 2 aromatic rings. The molecule has 16 heavy (non-hydrogen) atoms. The maximum absolute atomic E-state index is 11.6. The van der Waals surface area contributed by atoms with Crippen molar-refractivity contribution in [3.63, 3.8) is 0 Å². The Morgan fingerprint density at radius 2 is 2.12 bits per heavy atom. The number of hydrogen-bond donors (Lipinski definition) is 0. The van der Waals surface area contributed by atoms with Crippen LogP contribution in [-0.4, -0.2) is 24.9 Å². The van der Waals surface area contributed by atoms with Crippen molar-refractivity contribution in [2.24, 2.45) is 0 Å². The zero-order valence-corrected chi connectivity index (χ0v) is 10.4. The Morgan fingerprint density at radius 3 is 2.75 bits per heavy atom. The highest BCUT2D eigenvalue weighted by Gasteiger charge is 2.15. The number of rotatable bonds is 2. The third-order valence-electron chi connectivity index (χ3n) is 2.33. The number of benzene rings is 1. The Kier molecular flexibility index (Phi) is 2.87. The third-order valence-corrected chi connectivity index (χ3v) is 2.83. The van der Waals surface area contributed by atoms with E-state index in [1.165, 1.54) is 11.8 Å². The first-order valence-corrected chi connectivity index (χ1v) is 5.40. The van der Waals surface area contributed by atoms with E-state index in [-0.39, 0.29) is 5.97 Å². The Balaban J connectivity index is 2.73. The zero-order valence-electron chi connectivity index (χ0n) is 8.86. The fraction of sp³-hybridized carbons (Fsp3) is 0.182. The summed E-state index contributed by atoms with van der Waals surface area (Å²) in [6, 6.07) is 5.62. The monoisotopic (exact) mass is 283 g/mol. The zero-order chi connectivity index (χ0) is 11.7. The second-order valence-corrected chi connectivity index (χ2v) is 4.12. The lowest BCUT2D eigenvalue weighted by molar-refractivity contribution is 0.0600. The lowest BCUT2D eigenvalue weighted by Crippen LogP contribution is -2.04. The number of carbonyl (C=O) groups is 1. The number of methoxy groups -OCH3 is 1. The van der Waals surface area contributed by atoms with Gasteiger partial charge >= 0.3 is 5.97 Å². The Morgan fingerprint density at radius 1 is 1.38 bits per heavy atom. The molecule has 0 saturated carbocycles. The van der Waals surface area contributed by atoms with Crippen LogP contribution in [0.15, 0.2) is 28.9 Å². The van der Waals surface area contributed by atoms with Gasteiger partial charge in [-0.15, -0.1) is 0 Å². The molecule has 0 fully saturated rings. The summed E-state index contributed by atoms with van der Waals surface area (Å²) in [6.45, 7) is 0. The third kappa shape index (κ3) is 1.67. The molecule has 0 aliphatic rings. The van der Waals surface area contributed by atoms with Gasteiger partial charge in [-0.25, -0.2) is 4.79 Å². The summed E-state index contributed by atoms with van der Waals surface area (Å²) in [6.07, 6.45) is 1.61. The van der Waals surface area contributed by atoms with E-state index >= 15 is 0 Å². The molecular weight excluding hydrogens is 274 g/mol. The van der Waals surface area contributed by atoms with Crippen molar-refractivity contribution in [2.45, 2.75) is 0 Å². The highest BCUT2D eigenvalue weighted by Crippen LogP contribution is 2.25. The van der Waals surface area contributed by atoms with E-state index in [1.54, 1.807) is 13.3 Å². The van der Waals surface area contributed by atoms with Gasteiger partial charge in [0.1, 0.15) is 7.11 Å². The molecule has 0 aliphatic heterocycles. The molecule has 5 heteroatoms. The molecule has 0 bridgehead atoms. The minimum absolute atomic E-state index is 0.376. The summed E-state index contributed by atoms with van der Waals surface area (Å²) >= 11 is 3.37. The van der Waals surface area contributed by atoms with E-state index in [4.69, 9.17) is 9.57 Å². The van der Waals surface area contributed by atoms with Crippen LogP contribution >= 0.6 is 15.9 Å². The van der Waals surface area contributed by atoms with Crippen LogP contribution in [0.1, 0.15) is 10.4 Å². The molecule has 1 aromatic heterocycles. The maximum Gasteiger partial charge on any atom is 0.340 e. The van der Waals surface area contributed by atoms with Crippen molar-refractivity contribution in [3.05, 3.63) is 34.4 Å². The van der Waals surface area contributed by atoms with Gasteiger partial charge in [0, 0.05) is 9.86 Å². The lowest BCUT2D eigenvalue weighted by Gasteiger charge is -2.00. The summed E-state index contributed by atoms with van der Waals surface area (Å²) in [5, 5.41) is 0.795. The summed E-state index contributed by atoms with van der Waals surface area (Å²) in [5.74, 6) is -0.376. The van der Waals surface area contributed by atoms with Crippen LogP contribution in [-0.2, 0) is 4.74 Å². The van der Waals surface area contributed by atoms with Gasteiger partial charge in [0.2, 0.25) is 0 Å². The Labute approximate surface area is 101 Å². The molecule has 0 unspecified atom stereocenters. The molecule has 0 atom stereocenters. The first-order valence-electron chi connectivity index (χ1n) is 4.60. The van der Waals surface area contributed by atoms with E-state index in [1.807, 2.05) is 18.2 Å². The molecule has 1 heterocycles. The molecule has 2 rings (SSSR count). The van der Waals surface area contributed by atoms with Crippen molar-refractivity contribution >= 4 is 32.8 Å². The van der Waals surface area contributed by atoms with Gasteiger partial charge < -0.3 is 9.57 Å². The molecule has 4 nitrogen and oxygen atoms in total. The number of aromatic nitrogens is 1. The fourth-order valence-electron chi connectivity index (χ4n) is 1.60. The van der Waals surface area contributed by atoms with Gasteiger partial charge in [-0.2, -0.15) is 4.73 Å². The van der Waals surface area contributed by atoms with Crippen LogP contribution in [0.25, 0.3) is 10.9 Å². The quantitative estimate of drug-likeness (QED) is 0.794. The van der Waals surface area contributed by atoms with Crippen molar-refractivity contribution in [2.75, 3.05) is 14.2 Å². The van der Waals surface area contributed by atoms with Crippen molar-refractivity contribution in [1.29, 1.82) is 0 Å². The van der Waals surface area contributed by atoms with E-state index in [9.17, 15) is 4.79 Å². The molecule has 0 aliphatic carbocycles. The lowest BCUT2D eigenvalue weighted by atomic mass is 10.2. The highest BCUT2D eigenvalue weighted by atomic mass is 79.9. The second-order valence-electron chi connectivity index (χ2n) is 3.20. The SMILES string of the molecule is COC(=O)c1cn(OC)c2ccc(Br)cc12. The van der Waals surface area contributed by atoms with Crippen LogP contribution in [0, 0.1) is 0 Å². The topological polar surface area (TPSA) is 40.5 Å². The molecule has 1 aromatic carbocycles. The smallest absolute Gasteiger partial charge is 0.340 e. The van der Waals surface area contributed by atoms with Crippen molar-refractivity contribution < 1.29 is 14.4 Å². The standard InChI is InChI=1S/C11H10BrNO3/c1-15-11(14)9-6-13(16-2)10-4-3-7(12)5-8(9)10/h3-6H,1-2H3. The van der Waals surface area contributed by atoms with Crippen LogP contribution in [0.4, 0.5) is 0 Å².